The number of benzene rings is 2. The highest BCUT2D eigenvalue weighted by atomic mass is 16.1. The Morgan fingerprint density at radius 2 is 1.89 bits per heavy atom. The maximum Gasteiger partial charge on any atom is 0.252 e. The molecule has 0 unspecified atom stereocenters. The molecule has 2 aromatic carbocycles. The molecule has 0 bridgehead atoms. The maximum absolute atomic E-state index is 13.2. The summed E-state index contributed by atoms with van der Waals surface area (Å²) in [5, 5.41) is 14.0. The maximum atomic E-state index is 13.2. The SMILES string of the molecule is CC[C@@H](c1nnnn1CCc1ccccc1)N(Cc1cc2cc(C)cc(C)c2[nH]c1=O)C1CCCC1. The van der Waals surface area contributed by atoms with Gasteiger partial charge in [0.05, 0.1) is 11.6 Å². The molecule has 0 aliphatic heterocycles. The summed E-state index contributed by atoms with van der Waals surface area (Å²) in [7, 11) is 0. The van der Waals surface area contributed by atoms with Gasteiger partial charge in [-0.25, -0.2) is 4.68 Å². The third-order valence-electron chi connectivity index (χ3n) is 7.62. The van der Waals surface area contributed by atoms with Gasteiger partial charge in [-0.1, -0.05) is 61.7 Å². The molecule has 4 aromatic rings. The van der Waals surface area contributed by atoms with Crippen LogP contribution >= 0.6 is 0 Å². The zero-order chi connectivity index (χ0) is 25.1. The summed E-state index contributed by atoms with van der Waals surface area (Å²) in [6.07, 6.45) is 6.50. The lowest BCUT2D eigenvalue weighted by Gasteiger charge is -2.35. The second kappa shape index (κ2) is 10.7. The van der Waals surface area contributed by atoms with Gasteiger partial charge in [-0.2, -0.15) is 0 Å². The van der Waals surface area contributed by atoms with Crippen molar-refractivity contribution in [1.82, 2.24) is 30.1 Å². The molecule has 0 spiro atoms. The largest absolute Gasteiger partial charge is 0.321 e. The van der Waals surface area contributed by atoms with E-state index in [1.807, 2.05) is 10.7 Å². The summed E-state index contributed by atoms with van der Waals surface area (Å²) >= 11 is 0. The van der Waals surface area contributed by atoms with Gasteiger partial charge in [-0.05, 0) is 78.6 Å². The number of H-pyrrole nitrogens is 1. The third-order valence-corrected chi connectivity index (χ3v) is 7.62. The zero-order valence-electron chi connectivity index (χ0n) is 21.6. The van der Waals surface area contributed by atoms with Crippen LogP contribution in [0.25, 0.3) is 10.9 Å². The number of fused-ring (bicyclic) bond motifs is 1. The van der Waals surface area contributed by atoms with Crippen LogP contribution in [0.4, 0.5) is 0 Å². The lowest BCUT2D eigenvalue weighted by Crippen LogP contribution is -2.39. The van der Waals surface area contributed by atoms with E-state index in [2.05, 4.69) is 88.6 Å². The van der Waals surface area contributed by atoms with Crippen molar-refractivity contribution in [1.29, 1.82) is 0 Å². The molecule has 1 aliphatic rings. The lowest BCUT2D eigenvalue weighted by atomic mass is 10.0. The van der Waals surface area contributed by atoms with E-state index in [1.165, 1.54) is 24.0 Å². The molecule has 1 atom stereocenters. The Kier molecular flexibility index (Phi) is 7.28. The first-order valence-corrected chi connectivity index (χ1v) is 13.2. The molecule has 1 saturated carbocycles. The Hall–Kier alpha value is -3.32. The molecule has 7 heteroatoms. The van der Waals surface area contributed by atoms with E-state index in [-0.39, 0.29) is 11.6 Å². The molecular weight excluding hydrogens is 448 g/mol. The monoisotopic (exact) mass is 484 g/mol. The first-order chi connectivity index (χ1) is 17.5. The number of hydrogen-bond acceptors (Lipinski definition) is 5. The Balaban J connectivity index is 1.47. The molecule has 5 rings (SSSR count). The van der Waals surface area contributed by atoms with Crippen LogP contribution in [-0.2, 0) is 19.5 Å². The van der Waals surface area contributed by atoms with E-state index in [9.17, 15) is 4.79 Å². The van der Waals surface area contributed by atoms with E-state index in [1.54, 1.807) is 0 Å². The summed E-state index contributed by atoms with van der Waals surface area (Å²) < 4.78 is 1.96. The van der Waals surface area contributed by atoms with Gasteiger partial charge in [0.2, 0.25) is 0 Å². The van der Waals surface area contributed by atoms with Crippen LogP contribution in [0.15, 0.2) is 53.3 Å². The van der Waals surface area contributed by atoms with Crippen molar-refractivity contribution < 1.29 is 0 Å². The number of hydrogen-bond donors (Lipinski definition) is 1. The first-order valence-electron chi connectivity index (χ1n) is 13.2. The van der Waals surface area contributed by atoms with Crippen molar-refractivity contribution in [3.05, 3.63) is 87.0 Å². The van der Waals surface area contributed by atoms with Gasteiger partial charge in [0.15, 0.2) is 5.82 Å². The van der Waals surface area contributed by atoms with Crippen molar-refractivity contribution in [2.24, 2.45) is 0 Å². The molecule has 1 fully saturated rings. The topological polar surface area (TPSA) is 79.7 Å². The molecule has 36 heavy (non-hydrogen) atoms. The number of aromatic nitrogens is 5. The van der Waals surface area contributed by atoms with Gasteiger partial charge in [0.25, 0.3) is 5.56 Å². The Morgan fingerprint density at radius 1 is 1.11 bits per heavy atom. The van der Waals surface area contributed by atoms with Gasteiger partial charge in [-0.15, -0.1) is 5.10 Å². The number of aromatic amines is 1. The molecule has 2 aromatic heterocycles. The minimum Gasteiger partial charge on any atom is -0.321 e. The van der Waals surface area contributed by atoms with Crippen molar-refractivity contribution in [3.8, 4) is 0 Å². The fraction of sp³-hybridized carbons (Fsp3) is 0.448. The lowest BCUT2D eigenvalue weighted by molar-refractivity contribution is 0.112. The van der Waals surface area contributed by atoms with Crippen LogP contribution in [0, 0.1) is 13.8 Å². The molecule has 0 amide bonds. The summed E-state index contributed by atoms with van der Waals surface area (Å²) in [6.45, 7) is 7.67. The average molecular weight is 485 g/mol. The molecule has 7 nitrogen and oxygen atoms in total. The van der Waals surface area contributed by atoms with Crippen LogP contribution in [0.3, 0.4) is 0 Å². The van der Waals surface area contributed by atoms with Crippen molar-refractivity contribution in [2.45, 2.75) is 84.5 Å². The van der Waals surface area contributed by atoms with Crippen LogP contribution in [-0.4, -0.2) is 36.1 Å². The summed E-state index contributed by atoms with van der Waals surface area (Å²) in [6, 6.07) is 17.3. The predicted molar refractivity (Wildman–Crippen MR) is 143 cm³/mol. The Bertz CT molecular complexity index is 1370. The predicted octanol–water partition coefficient (Wildman–Crippen LogP) is 5.27. The number of aryl methyl sites for hydroxylation is 4. The third kappa shape index (κ3) is 5.12. The summed E-state index contributed by atoms with van der Waals surface area (Å²) in [5.74, 6) is 0.893. The van der Waals surface area contributed by atoms with E-state index in [0.717, 1.165) is 60.1 Å². The normalized spacial score (nSPS) is 15.2. The fourth-order valence-corrected chi connectivity index (χ4v) is 5.83. The number of tetrazole rings is 1. The smallest absolute Gasteiger partial charge is 0.252 e. The van der Waals surface area contributed by atoms with E-state index < -0.39 is 0 Å². The second-order valence-electron chi connectivity index (χ2n) is 10.2. The highest BCUT2D eigenvalue weighted by molar-refractivity contribution is 5.82. The van der Waals surface area contributed by atoms with E-state index in [4.69, 9.17) is 0 Å². The number of nitrogens with one attached hydrogen (secondary N) is 1. The molecule has 0 radical (unpaired) electrons. The van der Waals surface area contributed by atoms with Crippen LogP contribution in [0.1, 0.15) is 73.1 Å². The quantitative estimate of drug-likeness (QED) is 0.350. The molecule has 188 valence electrons. The van der Waals surface area contributed by atoms with Crippen molar-refractivity contribution in [2.75, 3.05) is 0 Å². The van der Waals surface area contributed by atoms with E-state index in [0.29, 0.717) is 12.6 Å². The zero-order valence-corrected chi connectivity index (χ0v) is 21.6. The Morgan fingerprint density at radius 3 is 2.64 bits per heavy atom. The molecule has 1 N–H and O–H groups in total. The van der Waals surface area contributed by atoms with Crippen molar-refractivity contribution in [3.63, 3.8) is 0 Å². The van der Waals surface area contributed by atoms with Gasteiger partial charge in [-0.3, -0.25) is 9.69 Å². The molecular formula is C29H36N6O. The fourth-order valence-electron chi connectivity index (χ4n) is 5.83. The minimum atomic E-state index is -0.00373. The number of nitrogens with zero attached hydrogens (tertiary/aromatic N) is 5. The van der Waals surface area contributed by atoms with Crippen LogP contribution < -0.4 is 5.56 Å². The van der Waals surface area contributed by atoms with Crippen molar-refractivity contribution >= 4 is 10.9 Å². The average Bonchev–Trinajstić information content (AvgIpc) is 3.57. The highest BCUT2D eigenvalue weighted by Crippen LogP contribution is 2.33. The van der Waals surface area contributed by atoms with Gasteiger partial charge < -0.3 is 4.98 Å². The molecule has 0 saturated heterocycles. The minimum absolute atomic E-state index is 0.00373. The van der Waals surface area contributed by atoms with Gasteiger partial charge >= 0.3 is 0 Å². The Labute approximate surface area is 212 Å². The highest BCUT2D eigenvalue weighted by Gasteiger charge is 2.32. The summed E-state index contributed by atoms with van der Waals surface area (Å²) in [4.78, 5) is 18.9. The summed E-state index contributed by atoms with van der Waals surface area (Å²) in [5.41, 5.74) is 5.31. The number of pyridine rings is 1. The molecule has 2 heterocycles. The molecule has 1 aliphatic carbocycles. The first kappa shape index (κ1) is 24.4. The second-order valence-corrected chi connectivity index (χ2v) is 10.2. The van der Waals surface area contributed by atoms with Gasteiger partial charge in [0, 0.05) is 24.7 Å². The number of rotatable bonds is 9. The standard InChI is InChI=1S/C29H36N6O/c1-4-26(28-31-32-33-35(28)15-14-22-10-6-5-7-11-22)34(25-12-8-9-13-25)19-24-18-23-17-20(2)16-21(3)27(23)30-29(24)36/h5-7,10-11,16-18,25-26H,4,8-9,12-15,19H2,1-3H3,(H,30,36)/t26-/m0/s1. The van der Waals surface area contributed by atoms with Crippen LogP contribution in [0.2, 0.25) is 0 Å². The van der Waals surface area contributed by atoms with Crippen LogP contribution in [0.5, 0.6) is 0 Å². The van der Waals surface area contributed by atoms with E-state index >= 15 is 0 Å². The van der Waals surface area contributed by atoms with Gasteiger partial charge in [0.1, 0.15) is 0 Å².